The van der Waals surface area contributed by atoms with E-state index in [0.29, 0.717) is 11.5 Å². The summed E-state index contributed by atoms with van der Waals surface area (Å²) in [5.74, 6) is 0.235. The van der Waals surface area contributed by atoms with Crippen LogP contribution >= 0.6 is 58.0 Å². The molecule has 0 unspecified atom stereocenters. The molecule has 0 spiro atoms. The topological polar surface area (TPSA) is 58.9 Å². The number of hydrogen-bond acceptors (Lipinski definition) is 4. The minimum atomic E-state index is -2.05. The highest BCUT2D eigenvalue weighted by molar-refractivity contribution is 6.75. The van der Waals surface area contributed by atoms with Gasteiger partial charge in [-0.15, -0.1) is 0 Å². The predicted octanol–water partition coefficient (Wildman–Crippen LogP) is 6.08. The van der Waals surface area contributed by atoms with Crippen LogP contribution in [0.2, 0.25) is 0 Å². The molecule has 0 aliphatic carbocycles. The summed E-state index contributed by atoms with van der Waals surface area (Å²) in [6, 6.07) is 8.09. The highest BCUT2D eigenvalue weighted by Gasteiger charge is 2.47. The maximum absolute atomic E-state index is 10.2. The van der Waals surface area contributed by atoms with Crippen molar-refractivity contribution in [1.82, 2.24) is 0 Å². The van der Waals surface area contributed by atoms with Gasteiger partial charge in [-0.25, -0.2) is 0 Å². The van der Waals surface area contributed by atoms with Crippen molar-refractivity contribution in [1.29, 1.82) is 0 Å². The van der Waals surface area contributed by atoms with Gasteiger partial charge in [-0.2, -0.15) is 0 Å². The second-order valence-electron chi connectivity index (χ2n) is 5.08. The number of phenols is 2. The first-order valence-electron chi connectivity index (χ1n) is 6.57. The molecule has 0 amide bonds. The van der Waals surface area contributed by atoms with E-state index in [2.05, 4.69) is 0 Å². The van der Waals surface area contributed by atoms with Gasteiger partial charge in [0.2, 0.25) is 3.79 Å². The molecule has 2 aromatic rings. The number of benzene rings is 2. The molecule has 0 fully saturated rings. The third-order valence-electron chi connectivity index (χ3n) is 3.39. The Bertz CT molecular complexity index is 801. The van der Waals surface area contributed by atoms with Crippen molar-refractivity contribution >= 4 is 58.0 Å². The van der Waals surface area contributed by atoms with Crippen LogP contribution in [-0.4, -0.2) is 18.3 Å². The van der Waals surface area contributed by atoms with Crippen LogP contribution in [-0.2, 0) is 6.42 Å². The van der Waals surface area contributed by atoms with Gasteiger partial charge in [0.25, 0.3) is 0 Å². The van der Waals surface area contributed by atoms with Gasteiger partial charge < -0.3 is 19.7 Å². The van der Waals surface area contributed by atoms with Gasteiger partial charge in [0, 0.05) is 18.1 Å². The number of fused-ring (bicyclic) bond motifs is 2. The van der Waals surface area contributed by atoms with Crippen LogP contribution in [0.5, 0.6) is 34.5 Å². The molecule has 3 rings (SSSR count). The monoisotopic (exact) mass is 428 g/mol. The Kier molecular flexibility index (Phi) is 4.56. The van der Waals surface area contributed by atoms with Crippen molar-refractivity contribution in [3.8, 4) is 34.5 Å². The molecule has 0 saturated heterocycles. The van der Waals surface area contributed by atoms with E-state index in [4.69, 9.17) is 67.5 Å². The molecule has 4 nitrogen and oxygen atoms in total. The predicted molar refractivity (Wildman–Crippen MR) is 94.8 cm³/mol. The Hall–Kier alpha value is -0.910. The van der Waals surface area contributed by atoms with Gasteiger partial charge in [-0.1, -0.05) is 70.1 Å². The second-order valence-corrected chi connectivity index (χ2v) is 8.85. The van der Waals surface area contributed by atoms with Crippen LogP contribution < -0.4 is 9.47 Å². The number of alkyl halides is 5. The summed E-state index contributed by atoms with van der Waals surface area (Å²) < 4.78 is 7.49. The number of ether oxygens (including phenoxy) is 2. The summed E-state index contributed by atoms with van der Waals surface area (Å²) in [6.07, 6.45) is -0.319. The third kappa shape index (κ3) is 3.14. The van der Waals surface area contributed by atoms with Crippen LogP contribution in [0.15, 0.2) is 30.3 Å². The second kappa shape index (κ2) is 6.11. The number of para-hydroxylation sites is 2. The zero-order valence-corrected chi connectivity index (χ0v) is 15.5. The van der Waals surface area contributed by atoms with Crippen LogP contribution in [0.4, 0.5) is 0 Å². The van der Waals surface area contributed by atoms with Crippen LogP contribution in [0.25, 0.3) is 0 Å². The smallest absolute Gasteiger partial charge is 0.223 e. The molecule has 1 heterocycles. The molecule has 1 aliphatic heterocycles. The van der Waals surface area contributed by atoms with E-state index in [1.54, 1.807) is 24.3 Å². The first-order chi connectivity index (χ1) is 11.1. The standard InChI is InChI=1S/C15H9Cl5O4/c16-14(17,15(18,19)20)6-7-12(22)8(21)5-11-13(7)24-10-4-2-1-3-9(10)23-11/h1-5,21-22H,6H2. The van der Waals surface area contributed by atoms with Crippen LogP contribution in [0, 0.1) is 0 Å². The average Bonchev–Trinajstić information content (AvgIpc) is 2.49. The van der Waals surface area contributed by atoms with Gasteiger partial charge >= 0.3 is 0 Å². The fourth-order valence-corrected chi connectivity index (χ4v) is 2.66. The van der Waals surface area contributed by atoms with Crippen molar-refractivity contribution in [3.05, 3.63) is 35.9 Å². The fraction of sp³-hybridized carbons (Fsp3) is 0.200. The van der Waals surface area contributed by atoms with E-state index in [9.17, 15) is 10.2 Å². The molecular weight excluding hydrogens is 421 g/mol. The first kappa shape index (κ1) is 17.9. The van der Waals surface area contributed by atoms with Crippen molar-refractivity contribution < 1.29 is 19.7 Å². The van der Waals surface area contributed by atoms with E-state index in [-0.39, 0.29) is 23.5 Å². The van der Waals surface area contributed by atoms with Crippen LogP contribution in [0.3, 0.4) is 0 Å². The molecule has 9 heteroatoms. The van der Waals surface area contributed by atoms with E-state index in [1.165, 1.54) is 6.07 Å². The van der Waals surface area contributed by atoms with E-state index >= 15 is 0 Å². The van der Waals surface area contributed by atoms with Gasteiger partial charge in [0.1, 0.15) is 0 Å². The zero-order valence-electron chi connectivity index (χ0n) is 11.7. The summed E-state index contributed by atoms with van der Waals surface area (Å²) >= 11 is 29.5. The summed E-state index contributed by atoms with van der Waals surface area (Å²) in [6.45, 7) is 0. The molecule has 1 aliphatic rings. The summed E-state index contributed by atoms with van der Waals surface area (Å²) in [7, 11) is 0. The minimum absolute atomic E-state index is 0.0517. The summed E-state index contributed by atoms with van der Waals surface area (Å²) in [4.78, 5) is 0. The minimum Gasteiger partial charge on any atom is -0.504 e. The van der Waals surface area contributed by atoms with Gasteiger partial charge in [-0.05, 0) is 12.1 Å². The quantitative estimate of drug-likeness (QED) is 0.382. The Morgan fingerprint density at radius 1 is 0.875 bits per heavy atom. The molecular formula is C15H9Cl5O4. The third-order valence-corrected chi connectivity index (χ3v) is 5.77. The molecule has 2 aromatic carbocycles. The zero-order chi connectivity index (χ0) is 17.7. The van der Waals surface area contributed by atoms with Crippen molar-refractivity contribution in [2.45, 2.75) is 14.5 Å². The lowest BCUT2D eigenvalue weighted by atomic mass is 10.0. The molecule has 0 saturated carbocycles. The molecule has 24 heavy (non-hydrogen) atoms. The van der Waals surface area contributed by atoms with Crippen molar-refractivity contribution in [3.63, 3.8) is 0 Å². The highest BCUT2D eigenvalue weighted by atomic mass is 35.6. The maximum Gasteiger partial charge on any atom is 0.223 e. The first-order valence-corrected chi connectivity index (χ1v) is 8.46. The van der Waals surface area contributed by atoms with Gasteiger partial charge in [0.05, 0.1) is 0 Å². The average molecular weight is 430 g/mol. The Morgan fingerprint density at radius 2 is 1.46 bits per heavy atom. The number of phenolic OH excluding ortho intramolecular Hbond substituents is 2. The normalized spacial score (nSPS) is 13.5. The molecule has 0 radical (unpaired) electrons. The fourth-order valence-electron chi connectivity index (χ4n) is 2.19. The van der Waals surface area contributed by atoms with E-state index < -0.39 is 19.6 Å². The SMILES string of the molecule is Oc1cc2c(c(CC(Cl)(Cl)C(Cl)(Cl)Cl)c1O)Oc1ccccc1O2. The van der Waals surface area contributed by atoms with Gasteiger partial charge in [0.15, 0.2) is 38.8 Å². The highest BCUT2D eigenvalue weighted by Crippen LogP contribution is 2.55. The Labute approximate surface area is 162 Å². The molecule has 128 valence electrons. The molecule has 2 N–H and O–H groups in total. The van der Waals surface area contributed by atoms with E-state index in [1.807, 2.05) is 0 Å². The van der Waals surface area contributed by atoms with Crippen LogP contribution in [0.1, 0.15) is 5.56 Å². The number of hydrogen-bond donors (Lipinski definition) is 2. The Balaban J connectivity index is 2.10. The Morgan fingerprint density at radius 3 is 2.04 bits per heavy atom. The lowest BCUT2D eigenvalue weighted by molar-refractivity contribution is 0.340. The lowest BCUT2D eigenvalue weighted by Crippen LogP contribution is -2.33. The van der Waals surface area contributed by atoms with Crippen molar-refractivity contribution in [2.24, 2.45) is 0 Å². The summed E-state index contributed by atoms with van der Waals surface area (Å²) in [5, 5.41) is 20.1. The number of rotatable bonds is 2. The molecule has 0 bridgehead atoms. The van der Waals surface area contributed by atoms with Gasteiger partial charge in [-0.3, -0.25) is 0 Å². The largest absolute Gasteiger partial charge is 0.504 e. The van der Waals surface area contributed by atoms with E-state index in [0.717, 1.165) is 0 Å². The number of halogens is 5. The maximum atomic E-state index is 10.2. The van der Waals surface area contributed by atoms with Crippen molar-refractivity contribution in [2.75, 3.05) is 0 Å². The molecule has 0 atom stereocenters. The summed E-state index contributed by atoms with van der Waals surface area (Å²) in [5.41, 5.74) is 0.0517. The number of aromatic hydroxyl groups is 2. The molecule has 0 aromatic heterocycles. The lowest BCUT2D eigenvalue weighted by Gasteiger charge is -2.30.